The Balaban J connectivity index is 2.00. The van der Waals surface area contributed by atoms with Crippen molar-refractivity contribution in [3.05, 3.63) is 48.5 Å². The van der Waals surface area contributed by atoms with E-state index >= 15 is 0 Å². The van der Waals surface area contributed by atoms with Gasteiger partial charge in [-0.05, 0) is 67.8 Å². The zero-order chi connectivity index (χ0) is 22.5. The van der Waals surface area contributed by atoms with Gasteiger partial charge in [0, 0.05) is 11.4 Å². The highest BCUT2D eigenvalue weighted by Gasteiger charge is 2.26. The van der Waals surface area contributed by atoms with E-state index in [0.29, 0.717) is 31.0 Å². The van der Waals surface area contributed by atoms with Crippen LogP contribution >= 0.6 is 0 Å². The van der Waals surface area contributed by atoms with Crippen LogP contribution < -0.4 is 20.1 Å². The average Bonchev–Trinajstić information content (AvgIpc) is 2.78. The van der Waals surface area contributed by atoms with Gasteiger partial charge in [-0.15, -0.1) is 0 Å². The van der Waals surface area contributed by atoms with E-state index < -0.39 is 5.92 Å². The summed E-state index contributed by atoms with van der Waals surface area (Å²) in [4.78, 5) is 25.7. The molecule has 31 heavy (non-hydrogen) atoms. The van der Waals surface area contributed by atoms with Crippen LogP contribution in [-0.4, -0.2) is 25.0 Å². The van der Waals surface area contributed by atoms with Crippen molar-refractivity contribution in [1.29, 1.82) is 0 Å². The lowest BCUT2D eigenvalue weighted by atomic mass is 9.99. The predicted octanol–water partition coefficient (Wildman–Crippen LogP) is 5.65. The van der Waals surface area contributed by atoms with Gasteiger partial charge >= 0.3 is 0 Å². The Kier molecular flexibility index (Phi) is 10.4. The maximum absolute atomic E-state index is 12.9. The van der Waals surface area contributed by atoms with Gasteiger partial charge < -0.3 is 20.1 Å². The minimum absolute atomic E-state index is 0.309. The number of rotatable bonds is 13. The Morgan fingerprint density at radius 2 is 1.13 bits per heavy atom. The zero-order valence-electron chi connectivity index (χ0n) is 18.8. The van der Waals surface area contributed by atoms with Crippen LogP contribution in [0.3, 0.4) is 0 Å². The van der Waals surface area contributed by atoms with Gasteiger partial charge in [-0.2, -0.15) is 0 Å². The lowest BCUT2D eigenvalue weighted by Crippen LogP contribution is -2.33. The number of hydrogen-bond acceptors (Lipinski definition) is 4. The Hall–Kier alpha value is -3.02. The Labute approximate surface area is 185 Å². The topological polar surface area (TPSA) is 76.7 Å². The molecule has 0 aliphatic carbocycles. The molecule has 2 aromatic rings. The van der Waals surface area contributed by atoms with Crippen LogP contribution in [0.15, 0.2) is 48.5 Å². The summed E-state index contributed by atoms with van der Waals surface area (Å²) in [6.45, 7) is 7.43. The third-order valence-corrected chi connectivity index (χ3v) is 4.67. The van der Waals surface area contributed by atoms with Crippen molar-refractivity contribution in [2.45, 2.75) is 52.9 Å². The molecule has 0 unspecified atom stereocenters. The van der Waals surface area contributed by atoms with Gasteiger partial charge in [-0.1, -0.05) is 33.6 Å². The maximum atomic E-state index is 12.9. The molecule has 2 amide bonds. The minimum Gasteiger partial charge on any atom is -0.494 e. The highest BCUT2D eigenvalue weighted by molar-refractivity contribution is 6.10. The fourth-order valence-corrected chi connectivity index (χ4v) is 2.96. The molecule has 0 heterocycles. The van der Waals surface area contributed by atoms with E-state index in [2.05, 4.69) is 10.6 Å². The lowest BCUT2D eigenvalue weighted by molar-refractivity contribution is -0.129. The zero-order valence-corrected chi connectivity index (χ0v) is 18.8. The molecule has 6 heteroatoms. The van der Waals surface area contributed by atoms with Crippen LogP contribution in [0.4, 0.5) is 11.4 Å². The Bertz CT molecular complexity index is 738. The number of ether oxygens (including phenoxy) is 2. The van der Waals surface area contributed by atoms with E-state index in [1.54, 1.807) is 24.3 Å². The summed E-state index contributed by atoms with van der Waals surface area (Å²) in [5.74, 6) is 0.122. The lowest BCUT2D eigenvalue weighted by Gasteiger charge is -2.17. The summed E-state index contributed by atoms with van der Waals surface area (Å²) < 4.78 is 11.1. The first-order valence-electron chi connectivity index (χ1n) is 11.1. The van der Waals surface area contributed by atoms with Crippen LogP contribution in [0, 0.1) is 5.92 Å². The molecule has 0 saturated carbocycles. The van der Waals surface area contributed by atoms with Crippen LogP contribution in [-0.2, 0) is 9.59 Å². The fourth-order valence-electron chi connectivity index (χ4n) is 2.96. The highest BCUT2D eigenvalue weighted by Crippen LogP contribution is 2.21. The molecule has 0 aromatic heterocycles. The summed E-state index contributed by atoms with van der Waals surface area (Å²) >= 11 is 0. The average molecular weight is 427 g/mol. The van der Waals surface area contributed by atoms with E-state index in [0.717, 1.165) is 37.2 Å². The van der Waals surface area contributed by atoms with Gasteiger partial charge in [0.1, 0.15) is 17.4 Å². The van der Waals surface area contributed by atoms with Crippen molar-refractivity contribution in [1.82, 2.24) is 0 Å². The molecule has 168 valence electrons. The number of anilines is 2. The van der Waals surface area contributed by atoms with Gasteiger partial charge in [0.05, 0.1) is 13.2 Å². The molecule has 0 aliphatic rings. The minimum atomic E-state index is -0.771. The first-order valence-corrected chi connectivity index (χ1v) is 11.1. The van der Waals surface area contributed by atoms with E-state index in [9.17, 15) is 9.59 Å². The maximum Gasteiger partial charge on any atom is 0.236 e. The van der Waals surface area contributed by atoms with E-state index in [4.69, 9.17) is 9.47 Å². The van der Waals surface area contributed by atoms with Crippen molar-refractivity contribution in [3.63, 3.8) is 0 Å². The summed E-state index contributed by atoms with van der Waals surface area (Å²) in [6.07, 6.45) is 4.05. The Morgan fingerprint density at radius 3 is 1.48 bits per heavy atom. The molecule has 0 bridgehead atoms. The summed E-state index contributed by atoms with van der Waals surface area (Å²) in [5.41, 5.74) is 1.28. The second kappa shape index (κ2) is 13.3. The van der Waals surface area contributed by atoms with Gasteiger partial charge in [-0.3, -0.25) is 9.59 Å². The second-order valence-corrected chi connectivity index (χ2v) is 7.42. The van der Waals surface area contributed by atoms with E-state index in [-0.39, 0.29) is 11.8 Å². The summed E-state index contributed by atoms with van der Waals surface area (Å²) in [7, 11) is 0. The van der Waals surface area contributed by atoms with Crippen LogP contribution in [0.1, 0.15) is 52.9 Å². The van der Waals surface area contributed by atoms with Gasteiger partial charge in [0.25, 0.3) is 0 Å². The van der Waals surface area contributed by atoms with Gasteiger partial charge in [0.2, 0.25) is 11.8 Å². The smallest absolute Gasteiger partial charge is 0.236 e. The number of unbranched alkanes of at least 4 members (excludes halogenated alkanes) is 1. The second-order valence-electron chi connectivity index (χ2n) is 7.42. The Morgan fingerprint density at radius 1 is 0.710 bits per heavy atom. The van der Waals surface area contributed by atoms with Crippen molar-refractivity contribution >= 4 is 23.2 Å². The van der Waals surface area contributed by atoms with Crippen LogP contribution in [0.2, 0.25) is 0 Å². The van der Waals surface area contributed by atoms with Crippen molar-refractivity contribution < 1.29 is 19.1 Å². The number of nitrogens with one attached hydrogen (secondary N) is 2. The molecular weight excluding hydrogens is 392 g/mol. The normalized spacial score (nSPS) is 10.6. The molecule has 0 atom stereocenters. The molecule has 0 saturated heterocycles. The molecule has 2 N–H and O–H groups in total. The highest BCUT2D eigenvalue weighted by atomic mass is 16.5. The molecule has 0 aliphatic heterocycles. The molecule has 6 nitrogen and oxygen atoms in total. The quantitative estimate of drug-likeness (QED) is 0.406. The first kappa shape index (κ1) is 24.3. The molecule has 2 rings (SSSR count). The van der Waals surface area contributed by atoms with E-state index in [1.165, 1.54) is 0 Å². The first-order chi connectivity index (χ1) is 15.1. The third kappa shape index (κ3) is 8.32. The molecule has 0 fully saturated rings. The molecule has 0 radical (unpaired) electrons. The van der Waals surface area contributed by atoms with Crippen molar-refractivity contribution in [2.24, 2.45) is 5.92 Å². The fraction of sp³-hybridized carbons (Fsp3) is 0.440. The predicted molar refractivity (Wildman–Crippen MR) is 125 cm³/mol. The standard InChI is InChI=1S/C25H34N2O4/c1-4-7-8-23(24(28)26-19-9-13-21(14-10-19)30-17-5-2)25(29)27-20-11-15-22(16-12-20)31-18-6-3/h9-16,23H,4-8,17-18H2,1-3H3,(H,26,28)(H,27,29). The number of carbonyl (C=O) groups is 2. The number of hydrogen-bond donors (Lipinski definition) is 2. The number of amides is 2. The van der Waals surface area contributed by atoms with Crippen molar-refractivity contribution in [3.8, 4) is 11.5 Å². The van der Waals surface area contributed by atoms with Crippen LogP contribution in [0.25, 0.3) is 0 Å². The summed E-state index contributed by atoms with van der Waals surface area (Å²) in [5, 5.41) is 5.72. The molecule has 2 aromatic carbocycles. The van der Waals surface area contributed by atoms with Gasteiger partial charge in [0.15, 0.2) is 0 Å². The summed E-state index contributed by atoms with van der Waals surface area (Å²) in [6, 6.07) is 14.4. The van der Waals surface area contributed by atoms with E-state index in [1.807, 2.05) is 45.0 Å². The third-order valence-electron chi connectivity index (χ3n) is 4.67. The largest absolute Gasteiger partial charge is 0.494 e. The number of benzene rings is 2. The van der Waals surface area contributed by atoms with Crippen LogP contribution in [0.5, 0.6) is 11.5 Å². The SMILES string of the molecule is CCCCC(C(=O)Nc1ccc(OCCC)cc1)C(=O)Nc1ccc(OCCC)cc1. The van der Waals surface area contributed by atoms with Crippen molar-refractivity contribution in [2.75, 3.05) is 23.8 Å². The number of carbonyl (C=O) groups excluding carboxylic acids is 2. The molecule has 0 spiro atoms. The van der Waals surface area contributed by atoms with Gasteiger partial charge in [-0.25, -0.2) is 0 Å². The molecular formula is C25H34N2O4. The monoisotopic (exact) mass is 426 g/mol.